The van der Waals surface area contributed by atoms with Crippen LogP contribution in [0.1, 0.15) is 19.8 Å². The van der Waals surface area contributed by atoms with E-state index in [-0.39, 0.29) is 18.6 Å². The van der Waals surface area contributed by atoms with Crippen molar-refractivity contribution in [2.75, 3.05) is 6.61 Å². The van der Waals surface area contributed by atoms with E-state index in [1.54, 1.807) is 0 Å². The Labute approximate surface area is 60.4 Å². The molecule has 1 rings (SSSR count). The summed E-state index contributed by atoms with van der Waals surface area (Å²) in [5.74, 6) is 0.420. The number of rotatable bonds is 2. The summed E-state index contributed by atoms with van der Waals surface area (Å²) < 4.78 is 0. The molecule has 1 aliphatic heterocycles. The van der Waals surface area contributed by atoms with Gasteiger partial charge in [-0.15, -0.1) is 0 Å². The fourth-order valence-electron chi connectivity index (χ4n) is 1.39. The van der Waals surface area contributed by atoms with Gasteiger partial charge in [-0.3, -0.25) is 4.79 Å². The van der Waals surface area contributed by atoms with Crippen LogP contribution in [0.4, 0.5) is 0 Å². The summed E-state index contributed by atoms with van der Waals surface area (Å²) in [4.78, 5) is 10.8. The molecule has 2 atom stereocenters. The number of carbonyl (C=O) groups is 1. The molecule has 1 heterocycles. The highest BCUT2D eigenvalue weighted by Gasteiger charge is 2.29. The van der Waals surface area contributed by atoms with Crippen molar-refractivity contribution in [3.8, 4) is 0 Å². The third-order valence-electron chi connectivity index (χ3n) is 2.08. The lowest BCUT2D eigenvalue weighted by Crippen LogP contribution is -2.32. The topological polar surface area (TPSA) is 49.3 Å². The Hall–Kier alpha value is -0.570. The molecule has 0 radical (unpaired) electrons. The molecule has 1 aliphatic rings. The number of carbonyl (C=O) groups excluding carboxylic acids is 1. The molecular weight excluding hydrogens is 130 g/mol. The minimum Gasteiger partial charge on any atom is -0.394 e. The molecular formula is C7H13NO2. The van der Waals surface area contributed by atoms with Gasteiger partial charge in [-0.2, -0.15) is 0 Å². The van der Waals surface area contributed by atoms with Crippen LogP contribution in [-0.4, -0.2) is 23.7 Å². The van der Waals surface area contributed by atoms with Crippen LogP contribution in [0.15, 0.2) is 0 Å². The average molecular weight is 143 g/mol. The van der Waals surface area contributed by atoms with Gasteiger partial charge in [0.2, 0.25) is 5.91 Å². The smallest absolute Gasteiger partial charge is 0.220 e. The molecule has 3 heteroatoms. The highest BCUT2D eigenvalue weighted by Crippen LogP contribution is 2.18. The normalized spacial score (nSPS) is 32.4. The number of nitrogens with one attached hydrogen (secondary N) is 1. The molecule has 0 unspecified atom stereocenters. The summed E-state index contributed by atoms with van der Waals surface area (Å²) in [5, 5.41) is 11.5. The van der Waals surface area contributed by atoms with Crippen molar-refractivity contribution in [3.63, 3.8) is 0 Å². The van der Waals surface area contributed by atoms with Crippen molar-refractivity contribution >= 4 is 5.91 Å². The molecule has 0 aliphatic carbocycles. The van der Waals surface area contributed by atoms with E-state index >= 15 is 0 Å². The third kappa shape index (κ3) is 1.29. The molecule has 1 saturated heterocycles. The highest BCUT2D eigenvalue weighted by molar-refractivity contribution is 5.79. The fourth-order valence-corrected chi connectivity index (χ4v) is 1.39. The number of hydrogen-bond donors (Lipinski definition) is 2. The largest absolute Gasteiger partial charge is 0.394 e. The van der Waals surface area contributed by atoms with E-state index in [0.717, 1.165) is 6.42 Å². The Kier molecular flexibility index (Phi) is 2.27. The molecule has 2 N–H and O–H groups in total. The zero-order valence-corrected chi connectivity index (χ0v) is 6.13. The zero-order valence-electron chi connectivity index (χ0n) is 6.13. The second kappa shape index (κ2) is 3.01. The Morgan fingerprint density at radius 3 is 2.90 bits per heavy atom. The van der Waals surface area contributed by atoms with Gasteiger partial charge in [-0.1, -0.05) is 13.3 Å². The standard InChI is InChI=1S/C7H13NO2/c1-2-5-3-7(10)8-6(5)4-9/h5-6,9H,2-4H2,1H3,(H,8,10)/t5-,6+/m0/s1. The predicted octanol–water partition coefficient (Wildman–Crippen LogP) is -0.107. The van der Waals surface area contributed by atoms with Crippen molar-refractivity contribution in [2.45, 2.75) is 25.8 Å². The first-order valence-corrected chi connectivity index (χ1v) is 3.68. The summed E-state index contributed by atoms with van der Waals surface area (Å²) in [6, 6.07) is 0.0116. The van der Waals surface area contributed by atoms with Crippen molar-refractivity contribution in [3.05, 3.63) is 0 Å². The molecule has 0 saturated carbocycles. The lowest BCUT2D eigenvalue weighted by Gasteiger charge is -2.12. The van der Waals surface area contributed by atoms with Gasteiger partial charge in [0.25, 0.3) is 0 Å². The fraction of sp³-hybridized carbons (Fsp3) is 0.857. The second-order valence-corrected chi connectivity index (χ2v) is 2.73. The van der Waals surface area contributed by atoms with E-state index < -0.39 is 0 Å². The van der Waals surface area contributed by atoms with Crippen LogP contribution in [0.2, 0.25) is 0 Å². The molecule has 10 heavy (non-hydrogen) atoms. The Balaban J connectivity index is 2.48. The minimum absolute atomic E-state index is 0.0116. The summed E-state index contributed by atoms with van der Waals surface area (Å²) in [5.41, 5.74) is 0. The quantitative estimate of drug-likeness (QED) is 0.566. The summed E-state index contributed by atoms with van der Waals surface area (Å²) >= 11 is 0. The maximum atomic E-state index is 10.8. The number of aliphatic hydroxyl groups is 1. The van der Waals surface area contributed by atoms with E-state index in [2.05, 4.69) is 5.32 Å². The summed E-state index contributed by atoms with van der Waals surface area (Å²) in [6.45, 7) is 2.11. The first-order chi connectivity index (χ1) is 4.77. The molecule has 0 aromatic carbocycles. The zero-order chi connectivity index (χ0) is 7.56. The lowest BCUT2D eigenvalue weighted by atomic mass is 9.99. The van der Waals surface area contributed by atoms with Crippen LogP contribution in [0.5, 0.6) is 0 Å². The van der Waals surface area contributed by atoms with Gasteiger partial charge >= 0.3 is 0 Å². The molecule has 0 aromatic rings. The predicted molar refractivity (Wildman–Crippen MR) is 37.4 cm³/mol. The number of hydrogen-bond acceptors (Lipinski definition) is 2. The van der Waals surface area contributed by atoms with E-state index in [9.17, 15) is 4.79 Å². The molecule has 0 spiro atoms. The Morgan fingerprint density at radius 1 is 1.80 bits per heavy atom. The number of amides is 1. The SMILES string of the molecule is CC[C@H]1CC(=O)N[C@@H]1CO. The second-order valence-electron chi connectivity index (χ2n) is 2.73. The average Bonchev–Trinajstić information content (AvgIpc) is 2.30. The van der Waals surface area contributed by atoms with Gasteiger partial charge in [0.15, 0.2) is 0 Å². The maximum absolute atomic E-state index is 10.8. The molecule has 0 aromatic heterocycles. The van der Waals surface area contributed by atoms with Crippen LogP contribution < -0.4 is 5.32 Å². The van der Waals surface area contributed by atoms with Gasteiger partial charge in [0.1, 0.15) is 0 Å². The first-order valence-electron chi connectivity index (χ1n) is 3.68. The van der Waals surface area contributed by atoms with E-state index in [1.807, 2.05) is 6.92 Å². The van der Waals surface area contributed by atoms with Gasteiger partial charge < -0.3 is 10.4 Å². The molecule has 1 fully saturated rings. The van der Waals surface area contributed by atoms with Gasteiger partial charge in [0.05, 0.1) is 12.6 Å². The first kappa shape index (κ1) is 7.54. The van der Waals surface area contributed by atoms with Crippen molar-refractivity contribution < 1.29 is 9.90 Å². The maximum Gasteiger partial charge on any atom is 0.220 e. The summed E-state index contributed by atoms with van der Waals surface area (Å²) in [6.07, 6.45) is 1.55. The lowest BCUT2D eigenvalue weighted by molar-refractivity contribution is -0.119. The van der Waals surface area contributed by atoms with Crippen LogP contribution in [0.3, 0.4) is 0 Å². The Bertz CT molecular complexity index is 122. The Morgan fingerprint density at radius 2 is 2.50 bits per heavy atom. The van der Waals surface area contributed by atoms with Crippen LogP contribution in [-0.2, 0) is 4.79 Å². The van der Waals surface area contributed by atoms with E-state index in [0.29, 0.717) is 12.3 Å². The van der Waals surface area contributed by atoms with Crippen molar-refractivity contribution in [2.24, 2.45) is 5.92 Å². The van der Waals surface area contributed by atoms with Crippen LogP contribution in [0, 0.1) is 5.92 Å². The molecule has 1 amide bonds. The van der Waals surface area contributed by atoms with E-state index in [4.69, 9.17) is 5.11 Å². The van der Waals surface area contributed by atoms with Crippen molar-refractivity contribution in [1.29, 1.82) is 0 Å². The monoisotopic (exact) mass is 143 g/mol. The summed E-state index contributed by atoms with van der Waals surface area (Å²) in [7, 11) is 0. The van der Waals surface area contributed by atoms with Crippen molar-refractivity contribution in [1.82, 2.24) is 5.32 Å². The minimum atomic E-state index is 0.0116. The highest BCUT2D eigenvalue weighted by atomic mass is 16.3. The molecule has 3 nitrogen and oxygen atoms in total. The van der Waals surface area contributed by atoms with Gasteiger partial charge in [0, 0.05) is 6.42 Å². The van der Waals surface area contributed by atoms with E-state index in [1.165, 1.54) is 0 Å². The third-order valence-corrected chi connectivity index (χ3v) is 2.08. The van der Waals surface area contributed by atoms with Gasteiger partial charge in [-0.25, -0.2) is 0 Å². The van der Waals surface area contributed by atoms with Gasteiger partial charge in [-0.05, 0) is 5.92 Å². The molecule has 58 valence electrons. The van der Waals surface area contributed by atoms with Crippen LogP contribution in [0.25, 0.3) is 0 Å². The number of aliphatic hydroxyl groups excluding tert-OH is 1. The van der Waals surface area contributed by atoms with Crippen LogP contribution >= 0.6 is 0 Å². The molecule has 0 bridgehead atoms.